The van der Waals surface area contributed by atoms with Gasteiger partial charge in [0.25, 0.3) is 0 Å². The van der Waals surface area contributed by atoms with Crippen molar-refractivity contribution in [2.75, 3.05) is 31.2 Å². The number of allylic oxidation sites excluding steroid dienone is 8. The molecule has 0 radical (unpaired) electrons. The Bertz CT molecular complexity index is 1790. The number of rotatable bonds is 15. The maximum Gasteiger partial charge on any atom is 0.397 e. The van der Waals surface area contributed by atoms with Gasteiger partial charge < -0.3 is 4.90 Å². The predicted octanol–water partition coefficient (Wildman–Crippen LogP) is 8.33. The summed E-state index contributed by atoms with van der Waals surface area (Å²) in [6.45, 7) is 12.8. The highest BCUT2D eigenvalue weighted by Crippen LogP contribution is 2.48. The van der Waals surface area contributed by atoms with Gasteiger partial charge in [0.1, 0.15) is 0 Å². The average molecular weight is 712 g/mol. The van der Waals surface area contributed by atoms with Gasteiger partial charge in [-0.1, -0.05) is 67.4 Å². The lowest BCUT2D eigenvalue weighted by Gasteiger charge is -2.27. The molecule has 0 fully saturated rings. The average Bonchev–Trinajstić information content (AvgIpc) is 3.41. The lowest BCUT2D eigenvalue weighted by Crippen LogP contribution is -2.28. The molecule has 0 unspecified atom stereocenters. The van der Waals surface area contributed by atoms with Crippen molar-refractivity contribution >= 4 is 39.8 Å². The summed E-state index contributed by atoms with van der Waals surface area (Å²) in [6.07, 6.45) is 13.3. The Hall–Kier alpha value is -3.07. The zero-order valence-electron chi connectivity index (χ0n) is 28.8. The fourth-order valence-corrected chi connectivity index (χ4v) is 7.90. The number of hydrogen-bond donors (Lipinski definition) is 2. The van der Waals surface area contributed by atoms with Crippen molar-refractivity contribution in [2.45, 2.75) is 77.6 Å². The van der Waals surface area contributed by atoms with Crippen LogP contribution in [0.1, 0.15) is 77.8 Å². The van der Waals surface area contributed by atoms with E-state index in [9.17, 15) is 8.42 Å². The number of nitrogens with zero attached hydrogens (tertiary/aromatic N) is 2. The van der Waals surface area contributed by atoms with Gasteiger partial charge in [-0.3, -0.25) is 8.74 Å². The summed E-state index contributed by atoms with van der Waals surface area (Å²) in [6, 6.07) is 16.9. The van der Waals surface area contributed by atoms with Gasteiger partial charge in [0.15, 0.2) is 24.6 Å². The summed E-state index contributed by atoms with van der Waals surface area (Å²) in [7, 11) is -4.47. The fraction of sp³-hybridized carbons (Fsp3) is 0.432. The Labute approximate surface area is 294 Å². The third kappa shape index (κ3) is 8.46. The quantitative estimate of drug-likeness (QED) is 0.0466. The molecular weight excluding hydrogens is 665 g/mol. The van der Waals surface area contributed by atoms with Crippen LogP contribution in [0.5, 0.6) is 0 Å². The van der Waals surface area contributed by atoms with Crippen LogP contribution in [0, 0.1) is 0 Å². The molecule has 1 aliphatic carbocycles. The Morgan fingerprint density at radius 1 is 0.939 bits per heavy atom. The Balaban J connectivity index is 1.41. The zero-order valence-corrected chi connectivity index (χ0v) is 30.5. The molecule has 49 heavy (non-hydrogen) atoms. The Morgan fingerprint density at radius 3 is 2.43 bits per heavy atom. The highest BCUT2D eigenvalue weighted by molar-refractivity contribution is 7.89. The first-order valence-electron chi connectivity index (χ1n) is 16.7. The second-order valence-electron chi connectivity index (χ2n) is 13.5. The normalized spacial score (nSPS) is 20.3. The van der Waals surface area contributed by atoms with Crippen molar-refractivity contribution in [3.63, 3.8) is 0 Å². The summed E-state index contributed by atoms with van der Waals surface area (Å²) in [5.74, 6) is 0. The Kier molecular flexibility index (Phi) is 12.0. The smallest absolute Gasteiger partial charge is 0.344 e. The minimum atomic E-state index is -4.47. The summed E-state index contributed by atoms with van der Waals surface area (Å²) in [4.78, 5) is 2.24. The third-order valence-electron chi connectivity index (χ3n) is 9.81. The molecule has 264 valence electrons. The number of benzene rings is 2. The first-order valence-corrected chi connectivity index (χ1v) is 18.7. The number of fused-ring (bicyclic) bond motifs is 2. The monoisotopic (exact) mass is 711 g/mol. The Morgan fingerprint density at radius 2 is 1.67 bits per heavy atom. The molecule has 12 heteroatoms. The van der Waals surface area contributed by atoms with Crippen molar-refractivity contribution in [3.8, 4) is 0 Å². The van der Waals surface area contributed by atoms with Gasteiger partial charge in [0, 0.05) is 47.5 Å². The van der Waals surface area contributed by atoms with Gasteiger partial charge >= 0.3 is 10.4 Å². The second kappa shape index (κ2) is 15.9. The summed E-state index contributed by atoms with van der Waals surface area (Å²) in [5.41, 5.74) is 10.7. The first-order chi connectivity index (χ1) is 23.4. The second-order valence-corrected chi connectivity index (χ2v) is 15.1. The van der Waals surface area contributed by atoms with Crippen LogP contribution in [-0.4, -0.2) is 54.8 Å². The van der Waals surface area contributed by atoms with Crippen molar-refractivity contribution < 1.29 is 40.5 Å². The fourth-order valence-electron chi connectivity index (χ4n) is 7.32. The van der Waals surface area contributed by atoms with Crippen molar-refractivity contribution in [1.82, 2.24) is 0 Å². The summed E-state index contributed by atoms with van der Waals surface area (Å²) >= 11 is 0.602. The number of anilines is 1. The van der Waals surface area contributed by atoms with Gasteiger partial charge in [-0.25, -0.2) is 9.44 Å². The van der Waals surface area contributed by atoms with E-state index in [2.05, 4.69) is 118 Å². The molecule has 3 aliphatic rings. The lowest BCUT2D eigenvalue weighted by molar-refractivity contribution is -0.439. The van der Waals surface area contributed by atoms with E-state index in [1.165, 1.54) is 39.2 Å². The van der Waals surface area contributed by atoms with Crippen molar-refractivity contribution in [2.24, 2.45) is 0 Å². The molecule has 2 N–H and O–H groups in total. The van der Waals surface area contributed by atoms with Gasteiger partial charge in [-0.2, -0.15) is 13.0 Å². The van der Waals surface area contributed by atoms with Crippen LogP contribution in [-0.2, 0) is 39.0 Å². The van der Waals surface area contributed by atoms with E-state index >= 15 is 0 Å². The van der Waals surface area contributed by atoms with Crippen LogP contribution in [0.2, 0.25) is 0 Å². The van der Waals surface area contributed by atoms with E-state index in [1.54, 1.807) is 0 Å². The molecular formula is C37H47N2O8S2+. The van der Waals surface area contributed by atoms with Gasteiger partial charge in [0.05, 0.1) is 18.6 Å². The molecule has 0 saturated carbocycles. The highest BCUT2D eigenvalue weighted by Gasteiger charge is 2.44. The van der Waals surface area contributed by atoms with E-state index in [4.69, 9.17) is 14.0 Å². The molecule has 10 nitrogen and oxygen atoms in total. The molecule has 0 saturated heterocycles. The molecule has 0 bridgehead atoms. The van der Waals surface area contributed by atoms with Crippen molar-refractivity contribution in [3.05, 3.63) is 106 Å². The van der Waals surface area contributed by atoms with E-state index < -0.39 is 10.4 Å². The maximum atomic E-state index is 11.1. The van der Waals surface area contributed by atoms with Crippen LogP contribution in [0.4, 0.5) is 11.4 Å². The molecule has 2 aliphatic heterocycles. The van der Waals surface area contributed by atoms with Crippen LogP contribution >= 0.6 is 12.3 Å². The lowest BCUT2D eigenvalue weighted by atomic mass is 9.80. The number of para-hydroxylation sites is 2. The molecule has 0 aromatic heterocycles. The standard InChI is InChI=1S/C37H46N2O8S2/c1-27-28(19-21-34-36(2,3)30-15-6-8-17-32(30)38(34)23-11-25-44-48-47-46-40)13-10-14-29(27)20-22-35-37(4,5)31-16-7-9-18-33(31)39(35)24-12-26-45-49(41,42)43/h6-9,15-22H,10-14,23-26H2,1-5H3,(H-,40,41,42,43)/p+1. The van der Waals surface area contributed by atoms with E-state index in [1.807, 2.05) is 12.1 Å². The molecule has 0 atom stereocenters. The van der Waals surface area contributed by atoms with E-state index in [0.717, 1.165) is 43.6 Å². The van der Waals surface area contributed by atoms with Gasteiger partial charge in [0.2, 0.25) is 5.69 Å². The summed E-state index contributed by atoms with van der Waals surface area (Å²) in [5, 5.41) is 11.9. The SMILES string of the molecule is CC1=C(C=CC2=[N+](CCCOSOOO)c3ccccc3C2(C)C)CCCC1=CC=C1N(CCCOS(=O)(=O)O)c2ccccc2C1(C)C. The van der Waals surface area contributed by atoms with Crippen LogP contribution < -0.4 is 4.90 Å². The minimum absolute atomic E-state index is 0.0932. The third-order valence-corrected chi connectivity index (χ3v) is 10.7. The molecule has 2 aromatic carbocycles. The molecule has 0 spiro atoms. The first kappa shape index (κ1) is 37.2. The van der Waals surface area contributed by atoms with Crippen molar-refractivity contribution in [1.29, 1.82) is 0 Å². The zero-order chi connectivity index (χ0) is 35.2. The molecule has 5 rings (SSSR count). The van der Waals surface area contributed by atoms with Gasteiger partial charge in [-0.05, 0) is 80.9 Å². The largest absolute Gasteiger partial charge is 0.397 e. The van der Waals surface area contributed by atoms with Gasteiger partial charge in [-0.15, -0.1) is 4.33 Å². The van der Waals surface area contributed by atoms with E-state index in [-0.39, 0.29) is 17.4 Å². The highest BCUT2D eigenvalue weighted by atomic mass is 32.3. The van der Waals surface area contributed by atoms with Crippen LogP contribution in [0.3, 0.4) is 0 Å². The molecule has 2 aromatic rings. The predicted molar refractivity (Wildman–Crippen MR) is 193 cm³/mol. The number of hydrogen-bond acceptors (Lipinski definition) is 9. The van der Waals surface area contributed by atoms with Crippen LogP contribution in [0.15, 0.2) is 95.3 Å². The van der Waals surface area contributed by atoms with Crippen LogP contribution in [0.25, 0.3) is 0 Å². The van der Waals surface area contributed by atoms with E-state index in [0.29, 0.717) is 31.9 Å². The summed E-state index contributed by atoms with van der Waals surface area (Å²) < 4.78 is 47.8. The maximum absolute atomic E-state index is 11.1. The minimum Gasteiger partial charge on any atom is -0.344 e. The molecule has 0 amide bonds. The molecule has 2 heterocycles. The topological polar surface area (TPSA) is 118 Å².